The van der Waals surface area contributed by atoms with Crippen molar-refractivity contribution in [3.8, 4) is 11.3 Å². The molecule has 0 spiro atoms. The summed E-state index contributed by atoms with van der Waals surface area (Å²) in [6, 6.07) is 2.03. The number of aryl methyl sites for hydroxylation is 3. The van der Waals surface area contributed by atoms with Crippen LogP contribution in [0.15, 0.2) is 29.3 Å². The number of piperidine rings is 1. The van der Waals surface area contributed by atoms with Crippen LogP contribution < -0.4 is 0 Å². The number of hydrogen-bond donors (Lipinski definition) is 0. The summed E-state index contributed by atoms with van der Waals surface area (Å²) >= 11 is 0. The Bertz CT molecular complexity index is 965. The van der Waals surface area contributed by atoms with Gasteiger partial charge in [-0.1, -0.05) is 5.16 Å². The molecule has 146 valence electrons. The van der Waals surface area contributed by atoms with Crippen LogP contribution in [0.4, 0.5) is 0 Å². The minimum absolute atomic E-state index is 0.00804. The Labute approximate surface area is 163 Å². The zero-order valence-electron chi connectivity index (χ0n) is 16.4. The maximum atomic E-state index is 12.6. The number of rotatable bonds is 4. The summed E-state index contributed by atoms with van der Waals surface area (Å²) in [5, 5.41) is 4.01. The van der Waals surface area contributed by atoms with Crippen molar-refractivity contribution in [2.75, 3.05) is 13.1 Å². The average Bonchev–Trinajstić information content (AvgIpc) is 3.27. The quantitative estimate of drug-likeness (QED) is 0.691. The third-order valence-corrected chi connectivity index (χ3v) is 5.43. The standard InChI is InChI=1S/C20H24N6O2/c1-13-18(14(2)28-24-13)17-11-16(22-12-23-17)10-15-4-7-26(8-5-15)20(27)19-21-6-9-25(19)3/h6,9,11-12,15H,4-5,7-8,10H2,1-3H3. The summed E-state index contributed by atoms with van der Waals surface area (Å²) in [5.41, 5.74) is 3.64. The van der Waals surface area contributed by atoms with Gasteiger partial charge in [0.1, 0.15) is 12.1 Å². The summed E-state index contributed by atoms with van der Waals surface area (Å²) in [6.07, 6.45) is 7.86. The molecular formula is C20H24N6O2. The van der Waals surface area contributed by atoms with Gasteiger partial charge in [-0.3, -0.25) is 4.79 Å². The molecule has 8 nitrogen and oxygen atoms in total. The maximum absolute atomic E-state index is 12.6. The Balaban J connectivity index is 1.40. The average molecular weight is 380 g/mol. The maximum Gasteiger partial charge on any atom is 0.289 e. The van der Waals surface area contributed by atoms with Crippen molar-refractivity contribution in [1.82, 2.24) is 29.6 Å². The molecule has 0 bridgehead atoms. The lowest BCUT2D eigenvalue weighted by Crippen LogP contribution is -2.40. The van der Waals surface area contributed by atoms with Crippen molar-refractivity contribution in [1.29, 1.82) is 0 Å². The molecule has 1 amide bonds. The Hall–Kier alpha value is -3.03. The van der Waals surface area contributed by atoms with Crippen LogP contribution in [0.3, 0.4) is 0 Å². The van der Waals surface area contributed by atoms with E-state index in [0.717, 1.165) is 60.8 Å². The van der Waals surface area contributed by atoms with E-state index >= 15 is 0 Å². The van der Waals surface area contributed by atoms with Gasteiger partial charge in [-0.05, 0) is 45.1 Å². The number of carbonyl (C=O) groups is 1. The van der Waals surface area contributed by atoms with Crippen LogP contribution in [0.1, 0.15) is 40.6 Å². The molecule has 0 N–H and O–H groups in total. The molecule has 0 aliphatic carbocycles. The van der Waals surface area contributed by atoms with Gasteiger partial charge in [0.25, 0.3) is 5.91 Å². The van der Waals surface area contributed by atoms with Gasteiger partial charge < -0.3 is 14.0 Å². The van der Waals surface area contributed by atoms with E-state index in [2.05, 4.69) is 20.1 Å². The largest absolute Gasteiger partial charge is 0.361 e. The molecule has 1 aliphatic rings. The Kier molecular flexibility index (Phi) is 4.93. The summed E-state index contributed by atoms with van der Waals surface area (Å²) in [5.74, 6) is 1.77. The highest BCUT2D eigenvalue weighted by Gasteiger charge is 2.26. The minimum atomic E-state index is 0.00804. The SMILES string of the molecule is Cc1noc(C)c1-c1cc(CC2CCN(C(=O)c3nccn3C)CC2)ncn1. The fraction of sp³-hybridized carbons (Fsp3) is 0.450. The van der Waals surface area contributed by atoms with Gasteiger partial charge in [-0.15, -0.1) is 0 Å². The molecule has 3 aromatic rings. The van der Waals surface area contributed by atoms with Crippen molar-refractivity contribution in [2.24, 2.45) is 13.0 Å². The predicted molar refractivity (Wildman–Crippen MR) is 103 cm³/mol. The molecule has 28 heavy (non-hydrogen) atoms. The van der Waals surface area contributed by atoms with Gasteiger partial charge in [-0.25, -0.2) is 15.0 Å². The van der Waals surface area contributed by atoms with E-state index in [-0.39, 0.29) is 5.91 Å². The van der Waals surface area contributed by atoms with Crippen LogP contribution in [-0.4, -0.2) is 48.6 Å². The third-order valence-electron chi connectivity index (χ3n) is 5.43. The highest BCUT2D eigenvalue weighted by atomic mass is 16.5. The molecule has 0 atom stereocenters. The number of imidazole rings is 1. The minimum Gasteiger partial charge on any atom is -0.361 e. The van der Waals surface area contributed by atoms with Crippen LogP contribution >= 0.6 is 0 Å². The number of hydrogen-bond acceptors (Lipinski definition) is 6. The Morgan fingerprint density at radius 1 is 1.21 bits per heavy atom. The van der Waals surface area contributed by atoms with E-state index in [1.807, 2.05) is 31.9 Å². The molecule has 3 aromatic heterocycles. The molecule has 8 heteroatoms. The molecule has 4 rings (SSSR count). The smallest absolute Gasteiger partial charge is 0.289 e. The summed E-state index contributed by atoms with van der Waals surface area (Å²) in [4.78, 5) is 27.5. The van der Waals surface area contributed by atoms with Crippen molar-refractivity contribution >= 4 is 5.91 Å². The number of carbonyl (C=O) groups excluding carboxylic acids is 1. The monoisotopic (exact) mass is 380 g/mol. The van der Waals surface area contributed by atoms with Crippen LogP contribution in [0.2, 0.25) is 0 Å². The van der Waals surface area contributed by atoms with Crippen molar-refractivity contribution in [2.45, 2.75) is 33.1 Å². The van der Waals surface area contributed by atoms with Crippen LogP contribution in [0, 0.1) is 19.8 Å². The Morgan fingerprint density at radius 2 is 2.00 bits per heavy atom. The summed E-state index contributed by atoms with van der Waals surface area (Å²) in [6.45, 7) is 5.31. The molecule has 1 saturated heterocycles. The molecule has 0 unspecified atom stereocenters. The van der Waals surface area contributed by atoms with Crippen LogP contribution in [0.5, 0.6) is 0 Å². The Morgan fingerprint density at radius 3 is 2.64 bits per heavy atom. The zero-order chi connectivity index (χ0) is 19.7. The number of likely N-dealkylation sites (tertiary alicyclic amines) is 1. The topological polar surface area (TPSA) is 89.9 Å². The second-order valence-corrected chi connectivity index (χ2v) is 7.40. The number of amides is 1. The number of nitrogens with zero attached hydrogens (tertiary/aromatic N) is 6. The second kappa shape index (κ2) is 7.53. The van der Waals surface area contributed by atoms with Crippen LogP contribution in [0.25, 0.3) is 11.3 Å². The zero-order valence-corrected chi connectivity index (χ0v) is 16.4. The highest BCUT2D eigenvalue weighted by Crippen LogP contribution is 2.27. The molecule has 0 saturated carbocycles. The first kappa shape index (κ1) is 18.3. The van der Waals surface area contributed by atoms with E-state index in [1.165, 1.54) is 0 Å². The predicted octanol–water partition coefficient (Wildman–Crippen LogP) is 2.58. The van der Waals surface area contributed by atoms with E-state index in [4.69, 9.17) is 4.52 Å². The van der Waals surface area contributed by atoms with Crippen molar-refractivity contribution in [3.05, 3.63) is 47.8 Å². The molecule has 0 aromatic carbocycles. The fourth-order valence-electron chi connectivity index (χ4n) is 3.84. The normalized spacial score (nSPS) is 15.2. The van der Waals surface area contributed by atoms with Gasteiger partial charge in [0.15, 0.2) is 5.82 Å². The third kappa shape index (κ3) is 3.54. The van der Waals surface area contributed by atoms with E-state index in [1.54, 1.807) is 23.3 Å². The second-order valence-electron chi connectivity index (χ2n) is 7.40. The van der Waals surface area contributed by atoms with Gasteiger partial charge in [0.2, 0.25) is 0 Å². The highest BCUT2D eigenvalue weighted by molar-refractivity contribution is 5.90. The lowest BCUT2D eigenvalue weighted by atomic mass is 9.91. The van der Waals surface area contributed by atoms with Gasteiger partial charge >= 0.3 is 0 Å². The van der Waals surface area contributed by atoms with E-state index < -0.39 is 0 Å². The van der Waals surface area contributed by atoms with E-state index in [0.29, 0.717) is 11.7 Å². The summed E-state index contributed by atoms with van der Waals surface area (Å²) < 4.78 is 7.03. The van der Waals surface area contributed by atoms with Gasteiger partial charge in [-0.2, -0.15) is 0 Å². The lowest BCUT2D eigenvalue weighted by Gasteiger charge is -2.31. The summed E-state index contributed by atoms with van der Waals surface area (Å²) in [7, 11) is 1.85. The molecule has 1 fully saturated rings. The van der Waals surface area contributed by atoms with Gasteiger partial charge in [0, 0.05) is 38.2 Å². The van der Waals surface area contributed by atoms with Gasteiger partial charge in [0.05, 0.1) is 17.0 Å². The first-order chi connectivity index (χ1) is 13.5. The molecule has 0 radical (unpaired) electrons. The van der Waals surface area contributed by atoms with Crippen LogP contribution in [-0.2, 0) is 13.5 Å². The van der Waals surface area contributed by atoms with E-state index in [9.17, 15) is 4.79 Å². The molecule has 1 aliphatic heterocycles. The molecular weight excluding hydrogens is 356 g/mol. The van der Waals surface area contributed by atoms with Crippen molar-refractivity contribution < 1.29 is 9.32 Å². The molecule has 4 heterocycles. The fourth-order valence-corrected chi connectivity index (χ4v) is 3.84. The first-order valence-corrected chi connectivity index (χ1v) is 9.53. The lowest BCUT2D eigenvalue weighted by molar-refractivity contribution is 0.0674. The first-order valence-electron chi connectivity index (χ1n) is 9.53. The van der Waals surface area contributed by atoms with Crippen molar-refractivity contribution in [3.63, 3.8) is 0 Å². The number of aromatic nitrogens is 5.